The van der Waals surface area contributed by atoms with Gasteiger partial charge in [0.15, 0.2) is 0 Å². The summed E-state index contributed by atoms with van der Waals surface area (Å²) < 4.78 is 0. The number of nitrogens with one attached hydrogen (secondary N) is 1. The number of nitrogens with zero attached hydrogens (tertiary/aromatic N) is 2. The Kier molecular flexibility index (Phi) is 3.89. The lowest BCUT2D eigenvalue weighted by Crippen LogP contribution is -2.57. The molecule has 0 saturated carbocycles. The molecule has 14 heavy (non-hydrogen) atoms. The van der Waals surface area contributed by atoms with Crippen LogP contribution in [0.15, 0.2) is 0 Å². The van der Waals surface area contributed by atoms with Crippen LogP contribution in [0, 0.1) is 0 Å². The second-order valence-electron chi connectivity index (χ2n) is 4.42. The van der Waals surface area contributed by atoms with Crippen LogP contribution < -0.4 is 5.32 Å². The highest BCUT2D eigenvalue weighted by atomic mass is 16.2. The van der Waals surface area contributed by atoms with E-state index in [2.05, 4.69) is 22.2 Å². The molecule has 0 aromatic carbocycles. The molecule has 1 N–H and O–H groups in total. The van der Waals surface area contributed by atoms with Gasteiger partial charge in [-0.1, -0.05) is 0 Å². The van der Waals surface area contributed by atoms with E-state index in [0.717, 1.165) is 19.6 Å². The summed E-state index contributed by atoms with van der Waals surface area (Å²) in [5.74, 6) is 0.147. The molecule has 1 unspecified atom stereocenters. The number of carbonyl (C=O) groups is 1. The Morgan fingerprint density at radius 2 is 2.00 bits per heavy atom. The fourth-order valence-electron chi connectivity index (χ4n) is 1.67. The van der Waals surface area contributed by atoms with Crippen molar-refractivity contribution in [1.29, 1.82) is 0 Å². The van der Waals surface area contributed by atoms with Crippen molar-refractivity contribution in [1.82, 2.24) is 15.1 Å². The molecule has 4 nitrogen and oxygen atoms in total. The summed E-state index contributed by atoms with van der Waals surface area (Å²) in [6, 6.07) is 0.235. The molecule has 0 bridgehead atoms. The highest BCUT2D eigenvalue weighted by Gasteiger charge is 2.28. The molecule has 1 saturated heterocycles. The fraction of sp³-hybridized carbons (Fsp3) is 0.900. The van der Waals surface area contributed by atoms with Crippen LogP contribution >= 0.6 is 0 Å². The van der Waals surface area contributed by atoms with E-state index < -0.39 is 0 Å². The van der Waals surface area contributed by atoms with Crippen molar-refractivity contribution < 1.29 is 4.79 Å². The van der Waals surface area contributed by atoms with Gasteiger partial charge in [-0.3, -0.25) is 9.69 Å². The maximum atomic E-state index is 11.8. The van der Waals surface area contributed by atoms with Crippen molar-refractivity contribution in [3.05, 3.63) is 0 Å². The van der Waals surface area contributed by atoms with Gasteiger partial charge in [-0.15, -0.1) is 0 Å². The van der Waals surface area contributed by atoms with Crippen LogP contribution in [-0.2, 0) is 4.79 Å². The SMILES string of the molecule is CC(C)NC(=O)C1CN(C)CCN1C. The van der Waals surface area contributed by atoms with Crippen LogP contribution in [-0.4, -0.2) is 61.5 Å². The Balaban J connectivity index is 2.51. The van der Waals surface area contributed by atoms with Crippen LogP contribution in [0.3, 0.4) is 0 Å². The minimum Gasteiger partial charge on any atom is -0.353 e. The first-order chi connectivity index (χ1) is 6.50. The highest BCUT2D eigenvalue weighted by molar-refractivity contribution is 5.82. The van der Waals surface area contributed by atoms with Crippen LogP contribution in [0.4, 0.5) is 0 Å². The third-order valence-electron chi connectivity index (χ3n) is 2.58. The Labute approximate surface area is 86.2 Å². The molecule has 0 radical (unpaired) electrons. The summed E-state index contributed by atoms with van der Waals surface area (Å²) >= 11 is 0. The molecule has 0 aromatic heterocycles. The molecule has 0 aromatic rings. The van der Waals surface area contributed by atoms with E-state index in [-0.39, 0.29) is 18.0 Å². The first kappa shape index (κ1) is 11.5. The molecule has 1 amide bonds. The number of hydrogen-bond donors (Lipinski definition) is 1. The summed E-state index contributed by atoms with van der Waals surface area (Å²) in [6.07, 6.45) is 0. The number of amides is 1. The quantitative estimate of drug-likeness (QED) is 0.666. The van der Waals surface area contributed by atoms with Crippen LogP contribution in [0.25, 0.3) is 0 Å². The summed E-state index contributed by atoms with van der Waals surface area (Å²) in [7, 11) is 4.07. The molecule has 1 heterocycles. The molecule has 4 heteroatoms. The summed E-state index contributed by atoms with van der Waals surface area (Å²) in [6.45, 7) is 6.82. The molecule has 1 rings (SSSR count). The van der Waals surface area contributed by atoms with E-state index in [0.29, 0.717) is 0 Å². The fourth-order valence-corrected chi connectivity index (χ4v) is 1.67. The third-order valence-corrected chi connectivity index (χ3v) is 2.58. The molecular formula is C10H21N3O. The Morgan fingerprint density at radius 1 is 1.36 bits per heavy atom. The van der Waals surface area contributed by atoms with Gasteiger partial charge in [0.25, 0.3) is 0 Å². The number of likely N-dealkylation sites (N-methyl/N-ethyl adjacent to an activating group) is 2. The predicted octanol–water partition coefficient (Wildman–Crippen LogP) is -0.243. The maximum Gasteiger partial charge on any atom is 0.238 e. The van der Waals surface area contributed by atoms with Gasteiger partial charge < -0.3 is 10.2 Å². The molecule has 82 valence electrons. The van der Waals surface area contributed by atoms with Gasteiger partial charge >= 0.3 is 0 Å². The molecule has 1 aliphatic heterocycles. The van der Waals surface area contributed by atoms with Crippen molar-refractivity contribution in [2.75, 3.05) is 33.7 Å². The number of piperazine rings is 1. The molecule has 1 aliphatic rings. The normalized spacial score (nSPS) is 25.4. The smallest absolute Gasteiger partial charge is 0.238 e. The monoisotopic (exact) mass is 199 g/mol. The highest BCUT2D eigenvalue weighted by Crippen LogP contribution is 2.05. The van der Waals surface area contributed by atoms with Gasteiger partial charge in [-0.25, -0.2) is 0 Å². The van der Waals surface area contributed by atoms with E-state index >= 15 is 0 Å². The third kappa shape index (κ3) is 2.96. The van der Waals surface area contributed by atoms with Gasteiger partial charge in [0, 0.05) is 25.7 Å². The lowest BCUT2D eigenvalue weighted by atomic mass is 10.1. The zero-order chi connectivity index (χ0) is 10.7. The number of hydrogen-bond acceptors (Lipinski definition) is 3. The summed E-state index contributed by atoms with van der Waals surface area (Å²) in [4.78, 5) is 16.1. The van der Waals surface area contributed by atoms with Crippen LogP contribution in [0.5, 0.6) is 0 Å². The first-order valence-electron chi connectivity index (χ1n) is 5.20. The van der Waals surface area contributed by atoms with Gasteiger partial charge in [-0.2, -0.15) is 0 Å². The zero-order valence-corrected chi connectivity index (χ0v) is 9.58. The van der Waals surface area contributed by atoms with Crippen molar-refractivity contribution in [3.8, 4) is 0 Å². The Bertz CT molecular complexity index is 206. The molecule has 0 aliphatic carbocycles. The molecule has 0 spiro atoms. The second-order valence-corrected chi connectivity index (χ2v) is 4.42. The zero-order valence-electron chi connectivity index (χ0n) is 9.58. The second kappa shape index (κ2) is 4.75. The Morgan fingerprint density at radius 3 is 2.57 bits per heavy atom. The lowest BCUT2D eigenvalue weighted by molar-refractivity contribution is -0.128. The molecule has 1 atom stereocenters. The minimum atomic E-state index is 0.0103. The first-order valence-corrected chi connectivity index (χ1v) is 5.20. The van der Waals surface area contributed by atoms with E-state index in [1.165, 1.54) is 0 Å². The molecule has 1 fully saturated rings. The van der Waals surface area contributed by atoms with Gasteiger partial charge in [0.05, 0.1) is 0 Å². The molecular weight excluding hydrogens is 178 g/mol. The number of rotatable bonds is 2. The van der Waals surface area contributed by atoms with E-state index in [1.54, 1.807) is 0 Å². The average molecular weight is 199 g/mol. The van der Waals surface area contributed by atoms with Crippen LogP contribution in [0.2, 0.25) is 0 Å². The topological polar surface area (TPSA) is 35.6 Å². The van der Waals surface area contributed by atoms with Gasteiger partial charge in [0.2, 0.25) is 5.91 Å². The average Bonchev–Trinajstić information content (AvgIpc) is 2.08. The largest absolute Gasteiger partial charge is 0.353 e. The van der Waals surface area contributed by atoms with E-state index in [4.69, 9.17) is 0 Å². The maximum absolute atomic E-state index is 11.8. The number of carbonyl (C=O) groups excluding carboxylic acids is 1. The standard InChI is InChI=1S/C10H21N3O/c1-8(2)11-10(14)9-7-12(3)5-6-13(9)4/h8-9H,5-7H2,1-4H3,(H,11,14). The summed E-state index contributed by atoms with van der Waals surface area (Å²) in [5.41, 5.74) is 0. The minimum absolute atomic E-state index is 0.0103. The van der Waals surface area contributed by atoms with E-state index in [1.807, 2.05) is 20.9 Å². The van der Waals surface area contributed by atoms with Gasteiger partial charge in [-0.05, 0) is 27.9 Å². The Hall–Kier alpha value is -0.610. The van der Waals surface area contributed by atoms with Crippen LogP contribution in [0.1, 0.15) is 13.8 Å². The lowest BCUT2D eigenvalue weighted by Gasteiger charge is -2.36. The predicted molar refractivity (Wildman–Crippen MR) is 57.2 cm³/mol. The van der Waals surface area contributed by atoms with Crippen molar-refractivity contribution in [2.24, 2.45) is 0 Å². The van der Waals surface area contributed by atoms with Crippen molar-refractivity contribution in [3.63, 3.8) is 0 Å². The van der Waals surface area contributed by atoms with Crippen molar-refractivity contribution in [2.45, 2.75) is 25.9 Å². The van der Waals surface area contributed by atoms with E-state index in [9.17, 15) is 4.79 Å². The van der Waals surface area contributed by atoms with Gasteiger partial charge in [0.1, 0.15) is 6.04 Å². The van der Waals surface area contributed by atoms with Crippen molar-refractivity contribution >= 4 is 5.91 Å². The summed E-state index contributed by atoms with van der Waals surface area (Å²) in [5, 5.41) is 2.96.